The quantitative estimate of drug-likeness (QED) is 0.782. The molecular weight excluding hydrogens is 242 g/mol. The Morgan fingerprint density at radius 2 is 2.00 bits per heavy atom. The van der Waals surface area contributed by atoms with E-state index in [2.05, 4.69) is 11.1 Å². The molecule has 2 heterocycles. The molecule has 1 aliphatic heterocycles. The number of ether oxygens (including phenoxy) is 2. The first-order valence-corrected chi connectivity index (χ1v) is 6.04. The molecule has 0 atom stereocenters. The Balaban J connectivity index is 2.10. The van der Waals surface area contributed by atoms with E-state index in [9.17, 15) is 0 Å². The minimum atomic E-state index is 0.451. The largest absolute Gasteiger partial charge is 0.486 e. The van der Waals surface area contributed by atoms with Gasteiger partial charge in [0.05, 0.1) is 5.69 Å². The lowest BCUT2D eigenvalue weighted by Gasteiger charge is -2.18. The molecule has 0 fully saturated rings. The van der Waals surface area contributed by atoms with Crippen LogP contribution < -0.4 is 9.47 Å². The lowest BCUT2D eigenvalue weighted by Crippen LogP contribution is -2.15. The summed E-state index contributed by atoms with van der Waals surface area (Å²) in [6.45, 7) is 3.01. The van der Waals surface area contributed by atoms with E-state index in [0.29, 0.717) is 18.9 Å². The van der Waals surface area contributed by atoms with Crippen molar-refractivity contribution in [3.05, 3.63) is 29.6 Å². The summed E-state index contributed by atoms with van der Waals surface area (Å²) in [6, 6.07) is 7.80. The van der Waals surface area contributed by atoms with Gasteiger partial charge in [-0.3, -0.25) is 0 Å². The van der Waals surface area contributed by atoms with Crippen LogP contribution in [-0.4, -0.2) is 22.8 Å². The van der Waals surface area contributed by atoms with Crippen LogP contribution in [0.25, 0.3) is 11.4 Å². The molecule has 5 nitrogen and oxygen atoms in total. The van der Waals surface area contributed by atoms with Gasteiger partial charge in [0.25, 0.3) is 0 Å². The van der Waals surface area contributed by atoms with E-state index in [4.69, 9.17) is 14.7 Å². The van der Waals surface area contributed by atoms with E-state index in [1.165, 1.54) is 0 Å². The number of imidazole rings is 1. The Bertz CT molecular complexity index is 683. The van der Waals surface area contributed by atoms with Gasteiger partial charge in [0, 0.05) is 12.6 Å². The van der Waals surface area contributed by atoms with Crippen LogP contribution in [0.2, 0.25) is 0 Å². The fourth-order valence-corrected chi connectivity index (χ4v) is 2.13. The smallest absolute Gasteiger partial charge is 0.162 e. The standard InChI is InChI=1S/C14H13N3O2/c1-9-11(8-15)16-14(17(9)2)10-3-4-12-13(7-10)19-6-5-18-12/h3-4,7H,5-6H2,1-2H3. The molecule has 1 aliphatic rings. The SMILES string of the molecule is Cc1c(C#N)nc(-c2ccc3c(c2)OCCO3)n1C. The molecule has 19 heavy (non-hydrogen) atoms. The van der Waals surface area contributed by atoms with E-state index in [1.54, 1.807) is 0 Å². The summed E-state index contributed by atoms with van der Waals surface area (Å²) in [4.78, 5) is 4.35. The molecule has 0 radical (unpaired) electrons. The van der Waals surface area contributed by atoms with E-state index in [0.717, 1.165) is 28.6 Å². The number of hydrogen-bond acceptors (Lipinski definition) is 4. The lowest BCUT2D eigenvalue weighted by molar-refractivity contribution is 0.171. The summed E-state index contributed by atoms with van der Waals surface area (Å²) in [5, 5.41) is 9.02. The van der Waals surface area contributed by atoms with Gasteiger partial charge in [0.1, 0.15) is 25.1 Å². The fourth-order valence-electron chi connectivity index (χ4n) is 2.13. The Kier molecular flexibility index (Phi) is 2.64. The van der Waals surface area contributed by atoms with Crippen LogP contribution in [0.1, 0.15) is 11.4 Å². The first-order valence-electron chi connectivity index (χ1n) is 6.04. The monoisotopic (exact) mass is 255 g/mol. The minimum absolute atomic E-state index is 0.451. The minimum Gasteiger partial charge on any atom is -0.486 e. The second-order valence-corrected chi connectivity index (χ2v) is 4.40. The highest BCUT2D eigenvalue weighted by Gasteiger charge is 2.16. The Morgan fingerprint density at radius 3 is 2.68 bits per heavy atom. The molecule has 1 aromatic heterocycles. The predicted octanol–water partition coefficient (Wildman–Crippen LogP) is 2.04. The topological polar surface area (TPSA) is 60.1 Å². The molecule has 96 valence electrons. The summed E-state index contributed by atoms with van der Waals surface area (Å²) in [5.74, 6) is 2.23. The maximum atomic E-state index is 9.02. The zero-order valence-electron chi connectivity index (χ0n) is 10.8. The third kappa shape index (κ3) is 1.82. The normalized spacial score (nSPS) is 13.1. The Hall–Kier alpha value is -2.48. The van der Waals surface area contributed by atoms with Crippen LogP contribution >= 0.6 is 0 Å². The van der Waals surface area contributed by atoms with Crippen molar-refractivity contribution < 1.29 is 9.47 Å². The summed E-state index contributed by atoms with van der Waals surface area (Å²) >= 11 is 0. The average molecular weight is 255 g/mol. The zero-order valence-corrected chi connectivity index (χ0v) is 10.8. The first kappa shape index (κ1) is 11.6. The van der Waals surface area contributed by atoms with Crippen LogP contribution in [0.3, 0.4) is 0 Å². The maximum Gasteiger partial charge on any atom is 0.162 e. The third-order valence-corrected chi connectivity index (χ3v) is 3.29. The number of nitrogens with zero attached hydrogens (tertiary/aromatic N) is 3. The van der Waals surface area contributed by atoms with Gasteiger partial charge in [-0.2, -0.15) is 5.26 Å². The summed E-state index contributed by atoms with van der Waals surface area (Å²) < 4.78 is 13.0. The van der Waals surface area contributed by atoms with Gasteiger partial charge < -0.3 is 14.0 Å². The molecule has 0 unspecified atom stereocenters. The number of nitriles is 1. The van der Waals surface area contributed by atoms with E-state index >= 15 is 0 Å². The van der Waals surface area contributed by atoms with Crippen molar-refractivity contribution in [1.82, 2.24) is 9.55 Å². The predicted molar refractivity (Wildman–Crippen MR) is 69.1 cm³/mol. The highest BCUT2D eigenvalue weighted by Crippen LogP contribution is 2.34. The highest BCUT2D eigenvalue weighted by atomic mass is 16.6. The van der Waals surface area contributed by atoms with E-state index < -0.39 is 0 Å². The second kappa shape index (κ2) is 4.32. The molecule has 0 amide bonds. The lowest BCUT2D eigenvalue weighted by atomic mass is 10.2. The average Bonchev–Trinajstić information content (AvgIpc) is 2.74. The number of benzene rings is 1. The van der Waals surface area contributed by atoms with Gasteiger partial charge in [-0.15, -0.1) is 0 Å². The molecule has 1 aromatic carbocycles. The van der Waals surface area contributed by atoms with Gasteiger partial charge >= 0.3 is 0 Å². The van der Waals surface area contributed by atoms with Gasteiger partial charge in [0.2, 0.25) is 0 Å². The van der Waals surface area contributed by atoms with Crippen LogP contribution in [0.5, 0.6) is 11.5 Å². The fraction of sp³-hybridized carbons (Fsp3) is 0.286. The first-order chi connectivity index (χ1) is 9.20. The summed E-state index contributed by atoms with van der Waals surface area (Å²) in [5.41, 5.74) is 2.22. The summed E-state index contributed by atoms with van der Waals surface area (Å²) in [7, 11) is 1.90. The van der Waals surface area contributed by atoms with Gasteiger partial charge in [0.15, 0.2) is 17.2 Å². The van der Waals surface area contributed by atoms with Crippen LogP contribution in [0.4, 0.5) is 0 Å². The number of fused-ring (bicyclic) bond motifs is 1. The van der Waals surface area contributed by atoms with Crippen molar-refractivity contribution in [2.45, 2.75) is 6.92 Å². The molecule has 2 aromatic rings. The van der Waals surface area contributed by atoms with Crippen molar-refractivity contribution in [2.75, 3.05) is 13.2 Å². The van der Waals surface area contributed by atoms with Gasteiger partial charge in [-0.25, -0.2) is 4.98 Å². The molecule has 0 N–H and O–H groups in total. The zero-order chi connectivity index (χ0) is 13.4. The molecule has 3 rings (SSSR count). The third-order valence-electron chi connectivity index (χ3n) is 3.29. The number of hydrogen-bond donors (Lipinski definition) is 0. The molecule has 0 saturated carbocycles. The molecule has 0 aliphatic carbocycles. The molecule has 0 spiro atoms. The van der Waals surface area contributed by atoms with Crippen LogP contribution in [0, 0.1) is 18.3 Å². The second-order valence-electron chi connectivity index (χ2n) is 4.40. The number of rotatable bonds is 1. The van der Waals surface area contributed by atoms with E-state index in [-0.39, 0.29) is 0 Å². The van der Waals surface area contributed by atoms with Gasteiger partial charge in [-0.1, -0.05) is 0 Å². The molecule has 0 bridgehead atoms. The van der Waals surface area contributed by atoms with Gasteiger partial charge in [-0.05, 0) is 25.1 Å². The van der Waals surface area contributed by atoms with Crippen LogP contribution in [0.15, 0.2) is 18.2 Å². The van der Waals surface area contributed by atoms with Crippen molar-refractivity contribution in [3.63, 3.8) is 0 Å². The maximum absolute atomic E-state index is 9.02. The highest BCUT2D eigenvalue weighted by molar-refractivity contribution is 5.63. The van der Waals surface area contributed by atoms with Crippen molar-refractivity contribution in [2.24, 2.45) is 7.05 Å². The summed E-state index contributed by atoms with van der Waals surface area (Å²) in [6.07, 6.45) is 0. The number of aromatic nitrogens is 2. The van der Waals surface area contributed by atoms with Crippen LogP contribution in [-0.2, 0) is 7.05 Å². The molecular formula is C14H13N3O2. The van der Waals surface area contributed by atoms with Crippen molar-refractivity contribution in [3.8, 4) is 29.0 Å². The van der Waals surface area contributed by atoms with Crippen molar-refractivity contribution >= 4 is 0 Å². The molecule has 0 saturated heterocycles. The van der Waals surface area contributed by atoms with E-state index in [1.807, 2.05) is 36.7 Å². The Labute approximate surface area is 111 Å². The van der Waals surface area contributed by atoms with Crippen molar-refractivity contribution in [1.29, 1.82) is 5.26 Å². The molecule has 5 heteroatoms. The Morgan fingerprint density at radius 1 is 1.26 bits per heavy atom.